The van der Waals surface area contributed by atoms with Crippen molar-refractivity contribution in [3.8, 4) is 11.5 Å². The number of piperidine rings is 1. The smallest absolute Gasteiger partial charge is 0.242 e. The van der Waals surface area contributed by atoms with E-state index < -0.39 is 30.3 Å². The van der Waals surface area contributed by atoms with E-state index in [-0.39, 0.29) is 37.1 Å². The number of aryl methyl sites for hydroxylation is 1. The highest BCUT2D eigenvalue weighted by Crippen LogP contribution is 2.25. The Morgan fingerprint density at radius 1 is 0.961 bits per heavy atom. The quantitative estimate of drug-likeness (QED) is 0.218. The van der Waals surface area contributed by atoms with E-state index in [0.717, 1.165) is 42.5 Å². The molecule has 2 heterocycles. The maximum absolute atomic E-state index is 14.2. The van der Waals surface area contributed by atoms with E-state index in [1.54, 1.807) is 0 Å². The molecular formula is C40H54N6O5. The molecule has 5 rings (SSSR count). The van der Waals surface area contributed by atoms with E-state index in [9.17, 15) is 19.5 Å². The number of nitrogens with one attached hydrogen (secondary N) is 4. The van der Waals surface area contributed by atoms with Crippen molar-refractivity contribution in [1.82, 2.24) is 31.1 Å². The summed E-state index contributed by atoms with van der Waals surface area (Å²) in [6, 6.07) is 22.7. The molecule has 0 radical (unpaired) electrons. The lowest BCUT2D eigenvalue weighted by Crippen LogP contribution is -2.59. The van der Waals surface area contributed by atoms with Crippen LogP contribution in [0.5, 0.6) is 11.5 Å². The lowest BCUT2D eigenvalue weighted by Gasteiger charge is -2.33. The molecule has 2 aliphatic rings. The van der Waals surface area contributed by atoms with Gasteiger partial charge in [0.1, 0.15) is 23.8 Å². The van der Waals surface area contributed by atoms with Crippen LogP contribution in [0.1, 0.15) is 48.8 Å². The minimum absolute atomic E-state index is 0.209. The second kappa shape index (κ2) is 18.8. The maximum atomic E-state index is 14.2. The summed E-state index contributed by atoms with van der Waals surface area (Å²) in [5.41, 5.74) is 2.72. The van der Waals surface area contributed by atoms with Gasteiger partial charge in [-0.15, -0.1) is 0 Å². The molecule has 1 fully saturated rings. The molecule has 11 nitrogen and oxygen atoms in total. The fourth-order valence-corrected chi connectivity index (χ4v) is 6.74. The van der Waals surface area contributed by atoms with E-state index >= 15 is 0 Å². The molecule has 274 valence electrons. The Hall–Kier alpha value is -4.29. The molecule has 5 N–H and O–H groups in total. The molecule has 3 aromatic rings. The van der Waals surface area contributed by atoms with Crippen LogP contribution in [0.2, 0.25) is 0 Å². The Kier molecular flexibility index (Phi) is 14.0. The van der Waals surface area contributed by atoms with Gasteiger partial charge in [0.05, 0.1) is 12.1 Å². The van der Waals surface area contributed by atoms with Crippen LogP contribution in [0.3, 0.4) is 0 Å². The van der Waals surface area contributed by atoms with Crippen LogP contribution in [0.25, 0.3) is 0 Å². The third-order valence-corrected chi connectivity index (χ3v) is 9.76. The van der Waals surface area contributed by atoms with E-state index in [2.05, 4.69) is 33.2 Å². The summed E-state index contributed by atoms with van der Waals surface area (Å²) in [4.78, 5) is 45.4. The van der Waals surface area contributed by atoms with Gasteiger partial charge in [0, 0.05) is 32.0 Å². The predicted octanol–water partition coefficient (Wildman–Crippen LogP) is 3.01. The standard InChI is InChI=1S/C40H54N6O5/c1-45(2)22-20-37(47)42-36-26-30-14-10-17-33(24-30)51-32-16-9-13-29(23-32)25-35(38(48)41-27-31-15-7-8-21-46(31)3)44-39(49)34(43-40(36)50)19-18-28-11-5-4-6-12-28/h4-6,9-14,16-17,23-24,31,34-36,40,43,50H,7-8,15,18-22,25-27H2,1-3H3,(H,41,48)(H,42,47)(H,44,49)/t31?,34-,35-,36-,40?/m0/s1. The SMILES string of the molecule is CN(C)CCC(=O)N[C@H]1Cc2cccc(c2)Oc2cccc(c2)C[C@@H](C(=O)NCC2CCCCN2C)NC(=O)[C@H](CCc2ccccc2)NC1O. The minimum Gasteiger partial charge on any atom is -0.457 e. The van der Waals surface area contributed by atoms with Crippen molar-refractivity contribution in [1.29, 1.82) is 0 Å². The Morgan fingerprint density at radius 3 is 2.35 bits per heavy atom. The summed E-state index contributed by atoms with van der Waals surface area (Å²) < 4.78 is 6.25. The summed E-state index contributed by atoms with van der Waals surface area (Å²) in [6.07, 6.45) is 3.69. The van der Waals surface area contributed by atoms with Gasteiger partial charge in [0.2, 0.25) is 17.7 Å². The highest BCUT2D eigenvalue weighted by molar-refractivity contribution is 5.90. The fourth-order valence-electron chi connectivity index (χ4n) is 6.74. The number of likely N-dealkylation sites (tertiary alicyclic amines) is 1. The number of fused-ring (bicyclic) bond motifs is 4. The van der Waals surface area contributed by atoms with Gasteiger partial charge in [-0.3, -0.25) is 19.7 Å². The first-order chi connectivity index (χ1) is 24.6. The summed E-state index contributed by atoms with van der Waals surface area (Å²) in [7, 11) is 5.88. The summed E-state index contributed by atoms with van der Waals surface area (Å²) in [6.45, 7) is 2.03. The van der Waals surface area contributed by atoms with Crippen LogP contribution in [0.15, 0.2) is 78.9 Å². The summed E-state index contributed by atoms with van der Waals surface area (Å²) >= 11 is 0. The Labute approximate surface area is 302 Å². The number of ether oxygens (including phenoxy) is 1. The van der Waals surface area contributed by atoms with Crippen LogP contribution in [0.4, 0.5) is 0 Å². The lowest BCUT2D eigenvalue weighted by molar-refractivity contribution is -0.131. The van der Waals surface area contributed by atoms with Gasteiger partial charge in [-0.05, 0) is 101 Å². The molecule has 3 amide bonds. The average molecular weight is 699 g/mol. The number of aliphatic hydroxyl groups excluding tert-OH is 1. The first-order valence-corrected chi connectivity index (χ1v) is 18.2. The van der Waals surface area contributed by atoms with Crippen LogP contribution in [0, 0.1) is 0 Å². The van der Waals surface area contributed by atoms with Crippen LogP contribution < -0.4 is 26.0 Å². The van der Waals surface area contributed by atoms with Gasteiger partial charge in [-0.2, -0.15) is 0 Å². The first kappa shape index (κ1) is 38.0. The molecule has 3 aromatic carbocycles. The van der Waals surface area contributed by atoms with Crippen molar-refractivity contribution < 1.29 is 24.2 Å². The number of nitrogens with zero attached hydrogens (tertiary/aromatic N) is 2. The topological polar surface area (TPSA) is 135 Å². The van der Waals surface area contributed by atoms with Gasteiger partial charge >= 0.3 is 0 Å². The molecule has 0 saturated carbocycles. The fraction of sp³-hybridized carbons (Fsp3) is 0.475. The average Bonchev–Trinajstić information content (AvgIpc) is 3.11. The summed E-state index contributed by atoms with van der Waals surface area (Å²) in [5.74, 6) is 0.326. The van der Waals surface area contributed by atoms with Gasteiger partial charge < -0.3 is 35.6 Å². The zero-order chi connectivity index (χ0) is 36.2. The van der Waals surface area contributed by atoms with Gasteiger partial charge in [0.25, 0.3) is 0 Å². The van der Waals surface area contributed by atoms with Gasteiger partial charge in [-0.25, -0.2) is 0 Å². The molecule has 11 heteroatoms. The zero-order valence-electron chi connectivity index (χ0n) is 30.1. The Bertz CT molecular complexity index is 1590. The lowest BCUT2D eigenvalue weighted by atomic mass is 9.99. The molecule has 5 atom stereocenters. The third-order valence-electron chi connectivity index (χ3n) is 9.76. The molecular weight excluding hydrogens is 644 g/mol. The highest BCUT2D eigenvalue weighted by atomic mass is 16.5. The van der Waals surface area contributed by atoms with Crippen LogP contribution in [-0.4, -0.2) is 104 Å². The predicted molar refractivity (Wildman–Crippen MR) is 198 cm³/mol. The molecule has 51 heavy (non-hydrogen) atoms. The van der Waals surface area contributed by atoms with Crippen LogP contribution in [-0.2, 0) is 33.6 Å². The number of rotatable bonds is 10. The number of likely N-dealkylation sites (N-methyl/N-ethyl adjacent to an activating group) is 1. The second-order valence-corrected chi connectivity index (χ2v) is 14.2. The third kappa shape index (κ3) is 11.9. The Morgan fingerprint density at radius 2 is 1.67 bits per heavy atom. The molecule has 2 aliphatic heterocycles. The minimum atomic E-state index is -1.28. The van der Waals surface area contributed by atoms with E-state index in [0.29, 0.717) is 37.4 Å². The van der Waals surface area contributed by atoms with Crippen molar-refractivity contribution in [2.45, 2.75) is 81.8 Å². The van der Waals surface area contributed by atoms with Gasteiger partial charge in [0.15, 0.2) is 0 Å². The van der Waals surface area contributed by atoms with Gasteiger partial charge in [-0.1, -0.05) is 61.0 Å². The number of aliphatic hydroxyl groups is 1. The first-order valence-electron chi connectivity index (χ1n) is 18.2. The maximum Gasteiger partial charge on any atom is 0.242 e. The monoisotopic (exact) mass is 698 g/mol. The molecule has 4 bridgehead atoms. The Balaban J connectivity index is 1.45. The van der Waals surface area contributed by atoms with E-state index in [1.807, 2.05) is 97.9 Å². The molecule has 1 saturated heterocycles. The number of amides is 3. The van der Waals surface area contributed by atoms with Crippen molar-refractivity contribution >= 4 is 17.7 Å². The molecule has 0 aliphatic carbocycles. The number of hydrogen-bond donors (Lipinski definition) is 5. The zero-order valence-corrected chi connectivity index (χ0v) is 30.1. The number of hydrogen-bond acceptors (Lipinski definition) is 8. The van der Waals surface area contributed by atoms with E-state index in [1.165, 1.54) is 0 Å². The molecule has 0 aromatic heterocycles. The highest BCUT2D eigenvalue weighted by Gasteiger charge is 2.31. The molecule has 0 spiro atoms. The normalized spacial score (nSPS) is 23.2. The van der Waals surface area contributed by atoms with E-state index in [4.69, 9.17) is 4.74 Å². The number of benzene rings is 3. The largest absolute Gasteiger partial charge is 0.457 e. The van der Waals surface area contributed by atoms with Crippen molar-refractivity contribution in [3.05, 3.63) is 95.6 Å². The second-order valence-electron chi connectivity index (χ2n) is 14.2. The number of carbonyl (C=O) groups is 3. The van der Waals surface area contributed by atoms with Crippen molar-refractivity contribution in [2.75, 3.05) is 40.8 Å². The molecule has 2 unspecified atom stereocenters. The van der Waals surface area contributed by atoms with Crippen LogP contribution >= 0.6 is 0 Å². The number of carbonyl (C=O) groups excluding carboxylic acids is 3. The van der Waals surface area contributed by atoms with Crippen molar-refractivity contribution in [2.24, 2.45) is 0 Å². The summed E-state index contributed by atoms with van der Waals surface area (Å²) in [5, 5.41) is 24.0. The van der Waals surface area contributed by atoms with Crippen molar-refractivity contribution in [3.63, 3.8) is 0 Å².